The van der Waals surface area contributed by atoms with E-state index in [1.54, 1.807) is 6.20 Å². The molecule has 14 heteroatoms. The van der Waals surface area contributed by atoms with Gasteiger partial charge in [-0.15, -0.1) is 23.1 Å². The molecule has 0 aromatic carbocycles. The summed E-state index contributed by atoms with van der Waals surface area (Å²) in [6.45, 7) is 8.65. The van der Waals surface area contributed by atoms with E-state index in [-0.39, 0.29) is 16.3 Å². The van der Waals surface area contributed by atoms with Gasteiger partial charge in [0.25, 0.3) is 0 Å². The molecule has 3 fully saturated rings. The van der Waals surface area contributed by atoms with Crippen molar-refractivity contribution in [2.75, 3.05) is 67.6 Å². The maximum atomic E-state index is 9.84. The molecule has 3 saturated heterocycles. The number of nitrogens with zero attached hydrogens (tertiary/aromatic N) is 8. The number of likely N-dealkylation sites (tertiary alicyclic amines) is 1. The van der Waals surface area contributed by atoms with Crippen LogP contribution in [0.25, 0.3) is 0 Å². The van der Waals surface area contributed by atoms with Crippen molar-refractivity contribution in [3.63, 3.8) is 0 Å². The van der Waals surface area contributed by atoms with Crippen LogP contribution in [0.1, 0.15) is 54.3 Å². The first-order valence-corrected chi connectivity index (χ1v) is 16.6. The van der Waals surface area contributed by atoms with Crippen LogP contribution < -0.4 is 31.3 Å². The van der Waals surface area contributed by atoms with Crippen LogP contribution in [0.4, 0.5) is 22.7 Å². The van der Waals surface area contributed by atoms with Crippen LogP contribution in [0.3, 0.4) is 0 Å². The number of ether oxygens (including phenoxy) is 1. The van der Waals surface area contributed by atoms with Gasteiger partial charge >= 0.3 is 6.01 Å². The van der Waals surface area contributed by atoms with Crippen molar-refractivity contribution < 1.29 is 4.74 Å². The summed E-state index contributed by atoms with van der Waals surface area (Å²) >= 11 is 3.42. The molecular formula is C29H37N11OS2. The zero-order valence-electron chi connectivity index (χ0n) is 24.7. The maximum Gasteiger partial charge on any atom is 0.323 e. The number of pyridine rings is 1. The van der Waals surface area contributed by atoms with Crippen LogP contribution in [0, 0.1) is 11.3 Å². The molecule has 7 rings (SSSR count). The smallest absolute Gasteiger partial charge is 0.323 e. The lowest BCUT2D eigenvalue weighted by Crippen LogP contribution is -2.61. The third-order valence-corrected chi connectivity index (χ3v) is 11.9. The van der Waals surface area contributed by atoms with Crippen molar-refractivity contribution in [1.82, 2.24) is 30.2 Å². The number of thiophene rings is 1. The van der Waals surface area contributed by atoms with Crippen molar-refractivity contribution in [2.45, 2.75) is 54.8 Å². The first-order valence-electron chi connectivity index (χ1n) is 14.8. The van der Waals surface area contributed by atoms with Gasteiger partial charge in [-0.25, -0.2) is 4.98 Å². The summed E-state index contributed by atoms with van der Waals surface area (Å²) in [5.74, 6) is 2.46. The largest absolute Gasteiger partial charge is 0.461 e. The summed E-state index contributed by atoms with van der Waals surface area (Å²) in [7, 11) is 2.17. The molecule has 226 valence electrons. The first-order chi connectivity index (χ1) is 20.7. The van der Waals surface area contributed by atoms with Gasteiger partial charge in [0.05, 0.1) is 21.9 Å². The molecule has 3 atom stereocenters. The number of fused-ring (bicyclic) bond motifs is 4. The highest BCUT2D eigenvalue weighted by molar-refractivity contribution is 8.00. The van der Waals surface area contributed by atoms with Gasteiger partial charge in [0, 0.05) is 66.7 Å². The fourth-order valence-electron chi connectivity index (χ4n) is 7.25. The molecule has 2 bridgehead atoms. The van der Waals surface area contributed by atoms with Gasteiger partial charge in [-0.3, -0.25) is 0 Å². The molecule has 0 unspecified atom stereocenters. The van der Waals surface area contributed by atoms with Gasteiger partial charge < -0.3 is 36.2 Å². The number of nitrogens with two attached hydrogens (primary N) is 2. The molecule has 3 aromatic rings. The van der Waals surface area contributed by atoms with Crippen LogP contribution in [0.5, 0.6) is 6.01 Å². The molecule has 0 saturated carbocycles. The number of hydrogen-bond donors (Lipinski definition) is 3. The van der Waals surface area contributed by atoms with E-state index in [0.717, 1.165) is 42.8 Å². The van der Waals surface area contributed by atoms with Crippen LogP contribution in [0.2, 0.25) is 0 Å². The molecule has 4 aliphatic heterocycles. The highest BCUT2D eigenvalue weighted by atomic mass is 32.2. The minimum Gasteiger partial charge on any atom is -0.461 e. The molecule has 43 heavy (non-hydrogen) atoms. The average molecular weight is 620 g/mol. The van der Waals surface area contributed by atoms with E-state index < -0.39 is 0 Å². The highest BCUT2D eigenvalue weighted by Gasteiger charge is 2.53. The number of aromatic nitrogens is 4. The van der Waals surface area contributed by atoms with E-state index in [2.05, 4.69) is 52.0 Å². The van der Waals surface area contributed by atoms with Crippen molar-refractivity contribution in [1.29, 1.82) is 5.26 Å². The molecule has 0 amide bonds. The molecule has 5 N–H and O–H groups in total. The Morgan fingerprint density at radius 2 is 2.12 bits per heavy atom. The van der Waals surface area contributed by atoms with Crippen molar-refractivity contribution in [3.05, 3.63) is 39.9 Å². The lowest BCUT2D eigenvalue weighted by Gasteiger charge is -2.48. The number of anilines is 4. The Balaban J connectivity index is 1.20. The van der Waals surface area contributed by atoms with Crippen molar-refractivity contribution in [2.24, 2.45) is 0 Å². The number of thioether (sulfide) groups is 1. The summed E-state index contributed by atoms with van der Waals surface area (Å²) in [5, 5.41) is 14.2. The molecular weight excluding hydrogens is 583 g/mol. The number of nitriles is 1. The van der Waals surface area contributed by atoms with Gasteiger partial charge in [0.1, 0.15) is 23.5 Å². The first kappa shape index (κ1) is 28.4. The van der Waals surface area contributed by atoms with Crippen LogP contribution in [0.15, 0.2) is 18.3 Å². The summed E-state index contributed by atoms with van der Waals surface area (Å²) in [5.41, 5.74) is 15.0. The Kier molecular flexibility index (Phi) is 7.04. The highest BCUT2D eigenvalue weighted by Crippen LogP contribution is 2.57. The van der Waals surface area contributed by atoms with Gasteiger partial charge in [-0.05, 0) is 39.8 Å². The molecule has 0 aliphatic carbocycles. The zero-order chi connectivity index (χ0) is 29.9. The molecule has 1 spiro atoms. The number of rotatable bonds is 8. The lowest BCUT2D eigenvalue weighted by molar-refractivity contribution is 0.107. The minimum absolute atomic E-state index is 0.114. The second-order valence-electron chi connectivity index (χ2n) is 12.2. The van der Waals surface area contributed by atoms with Crippen molar-refractivity contribution >= 4 is 45.8 Å². The number of nitrogen functional groups attached to an aromatic ring is 2. The third-order valence-electron chi connectivity index (χ3n) is 9.27. The van der Waals surface area contributed by atoms with E-state index in [1.807, 2.05) is 23.9 Å². The summed E-state index contributed by atoms with van der Waals surface area (Å²) < 4.78 is 6.24. The average Bonchev–Trinajstić information content (AvgIpc) is 3.60. The molecule has 4 aliphatic rings. The van der Waals surface area contributed by atoms with Crippen LogP contribution >= 0.6 is 23.1 Å². The van der Waals surface area contributed by atoms with Crippen LogP contribution in [-0.2, 0) is 10.5 Å². The lowest BCUT2D eigenvalue weighted by atomic mass is 9.88. The normalized spacial score (nSPS) is 24.4. The van der Waals surface area contributed by atoms with E-state index in [4.69, 9.17) is 31.2 Å². The predicted molar refractivity (Wildman–Crippen MR) is 170 cm³/mol. The van der Waals surface area contributed by atoms with E-state index in [1.165, 1.54) is 16.2 Å². The summed E-state index contributed by atoms with van der Waals surface area (Å²) in [6, 6.07) is 6.92. The monoisotopic (exact) mass is 619 g/mol. The predicted octanol–water partition coefficient (Wildman–Crippen LogP) is 2.73. The summed E-state index contributed by atoms with van der Waals surface area (Å²) in [6.07, 6.45) is 3.90. The Morgan fingerprint density at radius 3 is 2.88 bits per heavy atom. The molecule has 7 heterocycles. The summed E-state index contributed by atoms with van der Waals surface area (Å²) in [4.78, 5) is 26.8. The SMILES string of the molecule is CCN(c1nc(OC[C@]23CC[C@H](CN(C)C2)N3)nc(N2CC3(C2)SCc2sc(N)c(C#N)c23)n1)[C@H](C)c1cccnc1N. The second-order valence-corrected chi connectivity index (χ2v) is 14.7. The van der Waals surface area contributed by atoms with Gasteiger partial charge in [-0.2, -0.15) is 20.2 Å². The molecule has 0 radical (unpaired) electrons. The van der Waals surface area contributed by atoms with Gasteiger partial charge in [0.15, 0.2) is 0 Å². The molecule has 3 aromatic heterocycles. The second kappa shape index (κ2) is 10.7. The fraction of sp³-hybridized carbons (Fsp3) is 0.552. The van der Waals surface area contributed by atoms with Gasteiger partial charge in [-0.1, -0.05) is 6.07 Å². The number of hydrogen-bond acceptors (Lipinski definition) is 14. The molecule has 12 nitrogen and oxygen atoms in total. The van der Waals surface area contributed by atoms with E-state index >= 15 is 0 Å². The van der Waals surface area contributed by atoms with Gasteiger partial charge in [0.2, 0.25) is 11.9 Å². The number of piperazine rings is 1. The fourth-order valence-corrected chi connectivity index (χ4v) is 10.1. The van der Waals surface area contributed by atoms with E-state index in [9.17, 15) is 5.26 Å². The topological polar surface area (TPSA) is 158 Å². The minimum atomic E-state index is -0.182. The van der Waals surface area contributed by atoms with Crippen molar-refractivity contribution in [3.8, 4) is 12.1 Å². The van der Waals surface area contributed by atoms with E-state index in [0.29, 0.717) is 66.6 Å². The van der Waals surface area contributed by atoms with Crippen LogP contribution in [-0.4, -0.2) is 82.8 Å². The Hall–Kier alpha value is -3.38. The Morgan fingerprint density at radius 1 is 1.28 bits per heavy atom. The number of likely N-dealkylation sites (N-methyl/N-ethyl adjacent to an activating group) is 1. The Bertz CT molecular complexity index is 1580. The Labute approximate surface area is 259 Å². The maximum absolute atomic E-state index is 9.84. The zero-order valence-corrected chi connectivity index (χ0v) is 26.3. The third kappa shape index (κ3) is 4.82. The quantitative estimate of drug-likeness (QED) is 0.338. The number of nitrogens with one attached hydrogen (secondary N) is 1. The standard InChI is InChI=1S/C29H37N11OS2/c1-4-40(17(2)19-6-5-9-33-23(19)31)26-34-25(35-27(36-26)41-16-28-8-7-18(37-28)11-38(3)13-28)39-14-29(15-39)22-20(10-30)24(32)43-21(22)12-42-29/h5-6,9,17-18,37H,4,7-8,11-16,32H2,1-3H3,(H2,31,33)/t17-,18-,28+/m1/s1.